The Morgan fingerprint density at radius 2 is 1.95 bits per heavy atom. The molecule has 1 aromatic heterocycles. The van der Waals surface area contributed by atoms with Gasteiger partial charge in [0.2, 0.25) is 5.95 Å². The van der Waals surface area contributed by atoms with Gasteiger partial charge in [-0.3, -0.25) is 0 Å². The first kappa shape index (κ1) is 14.2. The molecule has 2 rings (SSSR count). The monoisotopic (exact) mass is 275 g/mol. The Hall–Kier alpha value is -2.17. The molecule has 1 aromatic carbocycles. The third-order valence-electron chi connectivity index (χ3n) is 2.58. The van der Waals surface area contributed by atoms with Crippen LogP contribution in [0.15, 0.2) is 30.5 Å². The summed E-state index contributed by atoms with van der Waals surface area (Å²) < 4.78 is 19.4. The average Bonchev–Trinajstić information content (AvgIpc) is 2.42. The molecule has 0 aliphatic heterocycles. The molecule has 0 fully saturated rings. The molecular formula is C15H18FN3O. The second kappa shape index (κ2) is 6.32. The number of hydrogen-bond acceptors (Lipinski definition) is 4. The quantitative estimate of drug-likeness (QED) is 0.907. The molecule has 4 nitrogen and oxygen atoms in total. The fourth-order valence-electron chi connectivity index (χ4n) is 1.78. The molecule has 0 radical (unpaired) electrons. The van der Waals surface area contributed by atoms with Gasteiger partial charge in [0.15, 0.2) is 5.82 Å². The average molecular weight is 275 g/mol. The normalized spacial score (nSPS) is 10.7. The minimum Gasteiger partial charge on any atom is -0.491 e. The van der Waals surface area contributed by atoms with Crippen LogP contribution in [0.1, 0.15) is 20.8 Å². The lowest BCUT2D eigenvalue weighted by Gasteiger charge is -2.10. The lowest BCUT2D eigenvalue weighted by Crippen LogP contribution is -2.05. The van der Waals surface area contributed by atoms with Gasteiger partial charge in [0.1, 0.15) is 11.4 Å². The zero-order valence-corrected chi connectivity index (χ0v) is 11.9. The Labute approximate surface area is 118 Å². The number of rotatable bonds is 5. The van der Waals surface area contributed by atoms with E-state index in [-0.39, 0.29) is 11.8 Å². The van der Waals surface area contributed by atoms with E-state index < -0.39 is 5.82 Å². The van der Waals surface area contributed by atoms with Crippen molar-refractivity contribution < 1.29 is 9.13 Å². The molecule has 0 aliphatic carbocycles. The number of benzene rings is 1. The smallest absolute Gasteiger partial charge is 0.223 e. The van der Waals surface area contributed by atoms with Gasteiger partial charge in [-0.1, -0.05) is 0 Å². The summed E-state index contributed by atoms with van der Waals surface area (Å²) in [4.78, 5) is 8.07. The minimum atomic E-state index is -0.441. The first-order valence-corrected chi connectivity index (χ1v) is 6.63. The molecule has 0 bridgehead atoms. The van der Waals surface area contributed by atoms with Crippen molar-refractivity contribution in [3.8, 4) is 17.0 Å². The van der Waals surface area contributed by atoms with Gasteiger partial charge < -0.3 is 10.1 Å². The van der Waals surface area contributed by atoms with Crippen molar-refractivity contribution in [1.82, 2.24) is 9.97 Å². The summed E-state index contributed by atoms with van der Waals surface area (Å²) in [5.74, 6) is 0.737. The zero-order chi connectivity index (χ0) is 14.5. The third-order valence-corrected chi connectivity index (χ3v) is 2.58. The van der Waals surface area contributed by atoms with Crippen LogP contribution in [0.2, 0.25) is 0 Å². The van der Waals surface area contributed by atoms with Crippen LogP contribution in [-0.4, -0.2) is 22.6 Å². The van der Waals surface area contributed by atoms with Gasteiger partial charge in [0.05, 0.1) is 12.3 Å². The number of anilines is 1. The summed E-state index contributed by atoms with van der Waals surface area (Å²) in [6, 6.07) is 7.20. The fraction of sp³-hybridized carbons (Fsp3) is 0.333. The number of hydrogen-bond donors (Lipinski definition) is 1. The van der Waals surface area contributed by atoms with E-state index in [1.54, 1.807) is 12.1 Å². The summed E-state index contributed by atoms with van der Waals surface area (Å²) in [6.07, 6.45) is 1.29. The van der Waals surface area contributed by atoms with E-state index in [0.29, 0.717) is 18.1 Å². The molecule has 0 saturated carbocycles. The Morgan fingerprint density at radius 1 is 1.25 bits per heavy atom. The predicted octanol–water partition coefficient (Wildman–Crippen LogP) is 3.50. The topological polar surface area (TPSA) is 47.0 Å². The summed E-state index contributed by atoms with van der Waals surface area (Å²) in [5.41, 5.74) is 0.979. The van der Waals surface area contributed by atoms with Crippen LogP contribution in [0.25, 0.3) is 11.3 Å². The molecule has 0 unspecified atom stereocenters. The molecule has 0 amide bonds. The highest BCUT2D eigenvalue weighted by atomic mass is 19.1. The molecule has 0 aliphatic rings. The molecule has 20 heavy (non-hydrogen) atoms. The van der Waals surface area contributed by atoms with Crippen LogP contribution in [0, 0.1) is 5.82 Å². The van der Waals surface area contributed by atoms with Crippen molar-refractivity contribution in [2.24, 2.45) is 0 Å². The maximum atomic E-state index is 13.8. The Kier molecular flexibility index (Phi) is 4.50. The van der Waals surface area contributed by atoms with Gasteiger partial charge in [-0.2, -0.15) is 0 Å². The van der Waals surface area contributed by atoms with Crippen molar-refractivity contribution in [3.05, 3.63) is 36.3 Å². The summed E-state index contributed by atoms with van der Waals surface area (Å²) >= 11 is 0. The Bertz CT molecular complexity index is 570. The van der Waals surface area contributed by atoms with Crippen molar-refractivity contribution >= 4 is 5.95 Å². The SMILES string of the molecule is CCNc1ncc(F)c(-c2ccc(OC(C)C)cc2)n1. The van der Waals surface area contributed by atoms with Gasteiger partial charge in [-0.25, -0.2) is 14.4 Å². The van der Waals surface area contributed by atoms with Gasteiger partial charge in [0.25, 0.3) is 0 Å². The minimum absolute atomic E-state index is 0.108. The largest absolute Gasteiger partial charge is 0.491 e. The standard InChI is InChI=1S/C15H18FN3O/c1-4-17-15-18-9-13(16)14(19-15)11-5-7-12(8-6-11)20-10(2)3/h5-10H,4H2,1-3H3,(H,17,18,19). The van der Waals surface area contributed by atoms with Gasteiger partial charge in [-0.15, -0.1) is 0 Å². The van der Waals surface area contributed by atoms with Crippen molar-refractivity contribution in [2.75, 3.05) is 11.9 Å². The lowest BCUT2D eigenvalue weighted by atomic mass is 10.1. The summed E-state index contributed by atoms with van der Waals surface area (Å²) in [5, 5.41) is 2.97. The van der Waals surface area contributed by atoms with E-state index in [9.17, 15) is 4.39 Å². The van der Waals surface area contributed by atoms with Crippen molar-refractivity contribution in [3.63, 3.8) is 0 Å². The molecule has 5 heteroatoms. The van der Waals surface area contributed by atoms with E-state index in [1.807, 2.05) is 32.9 Å². The van der Waals surface area contributed by atoms with E-state index in [1.165, 1.54) is 6.20 Å². The van der Waals surface area contributed by atoms with E-state index in [2.05, 4.69) is 15.3 Å². The fourth-order valence-corrected chi connectivity index (χ4v) is 1.78. The highest BCUT2D eigenvalue weighted by Crippen LogP contribution is 2.24. The van der Waals surface area contributed by atoms with Gasteiger partial charge >= 0.3 is 0 Å². The number of ether oxygens (including phenoxy) is 1. The Morgan fingerprint density at radius 3 is 2.55 bits per heavy atom. The second-order valence-electron chi connectivity index (χ2n) is 4.61. The van der Waals surface area contributed by atoms with Crippen LogP contribution < -0.4 is 10.1 Å². The van der Waals surface area contributed by atoms with E-state index in [0.717, 1.165) is 5.75 Å². The number of aromatic nitrogens is 2. The highest BCUT2D eigenvalue weighted by molar-refractivity contribution is 5.61. The molecular weight excluding hydrogens is 257 g/mol. The van der Waals surface area contributed by atoms with Crippen LogP contribution in [-0.2, 0) is 0 Å². The zero-order valence-electron chi connectivity index (χ0n) is 11.9. The molecule has 2 aromatic rings. The van der Waals surface area contributed by atoms with Crippen molar-refractivity contribution in [1.29, 1.82) is 0 Å². The second-order valence-corrected chi connectivity index (χ2v) is 4.61. The maximum Gasteiger partial charge on any atom is 0.223 e. The van der Waals surface area contributed by atoms with Crippen LogP contribution in [0.5, 0.6) is 5.75 Å². The Balaban J connectivity index is 2.28. The first-order chi connectivity index (χ1) is 9.60. The third kappa shape index (κ3) is 3.44. The van der Waals surface area contributed by atoms with E-state index in [4.69, 9.17) is 4.74 Å². The van der Waals surface area contributed by atoms with Crippen LogP contribution >= 0.6 is 0 Å². The van der Waals surface area contributed by atoms with Crippen LogP contribution in [0.3, 0.4) is 0 Å². The van der Waals surface area contributed by atoms with Gasteiger partial charge in [-0.05, 0) is 45.0 Å². The summed E-state index contributed by atoms with van der Waals surface area (Å²) in [7, 11) is 0. The highest BCUT2D eigenvalue weighted by Gasteiger charge is 2.09. The molecule has 1 N–H and O–H groups in total. The lowest BCUT2D eigenvalue weighted by molar-refractivity contribution is 0.242. The van der Waals surface area contributed by atoms with Crippen molar-refractivity contribution in [2.45, 2.75) is 26.9 Å². The van der Waals surface area contributed by atoms with Gasteiger partial charge in [0, 0.05) is 12.1 Å². The van der Waals surface area contributed by atoms with Crippen LogP contribution in [0.4, 0.5) is 10.3 Å². The number of nitrogens with one attached hydrogen (secondary N) is 1. The number of nitrogens with zero attached hydrogens (tertiary/aromatic N) is 2. The molecule has 0 atom stereocenters. The molecule has 0 spiro atoms. The predicted molar refractivity (Wildman–Crippen MR) is 77.4 cm³/mol. The first-order valence-electron chi connectivity index (χ1n) is 6.63. The van der Waals surface area contributed by atoms with E-state index >= 15 is 0 Å². The summed E-state index contributed by atoms with van der Waals surface area (Å²) in [6.45, 7) is 6.54. The molecule has 106 valence electrons. The molecule has 1 heterocycles. The molecule has 0 saturated heterocycles. The number of halogens is 1. The maximum absolute atomic E-state index is 13.8.